The van der Waals surface area contributed by atoms with E-state index in [-0.39, 0.29) is 12.5 Å². The molecule has 0 aliphatic rings. The Morgan fingerprint density at radius 2 is 1.70 bits per heavy atom. The van der Waals surface area contributed by atoms with Gasteiger partial charge in [0.25, 0.3) is 0 Å². The highest BCUT2D eigenvalue weighted by Crippen LogP contribution is 2.28. The Labute approximate surface area is 186 Å². The maximum atomic E-state index is 13.2. The van der Waals surface area contributed by atoms with Crippen LogP contribution in [-0.2, 0) is 26.2 Å². The van der Waals surface area contributed by atoms with Gasteiger partial charge in [-0.2, -0.15) is 0 Å². The van der Waals surface area contributed by atoms with E-state index in [9.17, 15) is 18.0 Å². The predicted molar refractivity (Wildman–Crippen MR) is 122 cm³/mol. The van der Waals surface area contributed by atoms with Crippen LogP contribution in [0.5, 0.6) is 0 Å². The number of aryl methyl sites for hydroxylation is 1. The lowest BCUT2D eigenvalue weighted by atomic mass is 10.1. The summed E-state index contributed by atoms with van der Waals surface area (Å²) in [5.74, 6) is -0.810. The number of likely N-dealkylation sites (N-methyl/N-ethyl adjacent to an activating group) is 1. The second-order valence-corrected chi connectivity index (χ2v) is 9.78. The Bertz CT molecular complexity index is 1010. The molecule has 0 aliphatic heterocycles. The highest BCUT2D eigenvalue weighted by Gasteiger charge is 2.30. The van der Waals surface area contributed by atoms with Crippen molar-refractivity contribution in [1.82, 2.24) is 10.2 Å². The largest absolute Gasteiger partial charge is 0.357 e. The van der Waals surface area contributed by atoms with Crippen molar-refractivity contribution in [2.45, 2.75) is 26.4 Å². The maximum Gasteiger partial charge on any atom is 0.244 e. The molecule has 0 aromatic heterocycles. The number of para-hydroxylation sites is 1. The number of sulfonamides is 1. The van der Waals surface area contributed by atoms with Gasteiger partial charge >= 0.3 is 0 Å². The summed E-state index contributed by atoms with van der Waals surface area (Å²) in [4.78, 5) is 26.9. The van der Waals surface area contributed by atoms with E-state index in [2.05, 4.69) is 21.2 Å². The van der Waals surface area contributed by atoms with Crippen molar-refractivity contribution in [2.24, 2.45) is 0 Å². The van der Waals surface area contributed by atoms with Crippen molar-refractivity contribution in [2.75, 3.05) is 24.2 Å². The first-order valence-electron chi connectivity index (χ1n) is 9.33. The first-order valence-corrected chi connectivity index (χ1v) is 12.0. The fourth-order valence-electron chi connectivity index (χ4n) is 2.93. The van der Waals surface area contributed by atoms with Crippen LogP contribution in [0.1, 0.15) is 18.1 Å². The molecule has 0 fully saturated rings. The molecular weight excluding hydrogens is 470 g/mol. The van der Waals surface area contributed by atoms with Gasteiger partial charge in [0, 0.05) is 18.1 Å². The van der Waals surface area contributed by atoms with Crippen molar-refractivity contribution in [3.05, 3.63) is 64.1 Å². The Kier molecular flexibility index (Phi) is 8.03. The Morgan fingerprint density at radius 1 is 1.10 bits per heavy atom. The van der Waals surface area contributed by atoms with Crippen molar-refractivity contribution in [3.63, 3.8) is 0 Å². The molecule has 0 saturated carbocycles. The summed E-state index contributed by atoms with van der Waals surface area (Å²) in [6.45, 7) is 3.34. The van der Waals surface area contributed by atoms with Crippen LogP contribution in [0.15, 0.2) is 53.0 Å². The highest BCUT2D eigenvalue weighted by atomic mass is 79.9. The first-order chi connectivity index (χ1) is 14.0. The van der Waals surface area contributed by atoms with Crippen molar-refractivity contribution < 1.29 is 18.0 Å². The number of benzene rings is 2. The van der Waals surface area contributed by atoms with E-state index in [1.165, 1.54) is 11.9 Å². The van der Waals surface area contributed by atoms with Gasteiger partial charge in [-0.15, -0.1) is 0 Å². The number of carbonyl (C=O) groups is 2. The van der Waals surface area contributed by atoms with Gasteiger partial charge < -0.3 is 10.2 Å². The van der Waals surface area contributed by atoms with E-state index in [1.54, 1.807) is 31.2 Å². The maximum absolute atomic E-state index is 13.2. The van der Waals surface area contributed by atoms with Crippen molar-refractivity contribution >= 4 is 43.5 Å². The number of halogens is 1. The monoisotopic (exact) mass is 495 g/mol. The lowest BCUT2D eigenvalue weighted by Gasteiger charge is -2.31. The van der Waals surface area contributed by atoms with Crippen LogP contribution in [0.2, 0.25) is 0 Å². The molecule has 0 radical (unpaired) electrons. The number of hydrogen-bond donors (Lipinski definition) is 1. The second kappa shape index (κ2) is 10.1. The second-order valence-electron chi connectivity index (χ2n) is 7.02. The van der Waals surface area contributed by atoms with Gasteiger partial charge in [0.15, 0.2) is 0 Å². The van der Waals surface area contributed by atoms with Crippen LogP contribution >= 0.6 is 15.9 Å². The molecule has 0 bridgehead atoms. The summed E-state index contributed by atoms with van der Waals surface area (Å²) in [6, 6.07) is 13.6. The Morgan fingerprint density at radius 3 is 2.23 bits per heavy atom. The Hall–Kier alpha value is -2.39. The molecule has 2 amide bonds. The van der Waals surface area contributed by atoms with Gasteiger partial charge in [-0.05, 0) is 47.5 Å². The van der Waals surface area contributed by atoms with Gasteiger partial charge in [-0.1, -0.05) is 42.0 Å². The number of nitrogens with zero attached hydrogens (tertiary/aromatic N) is 2. The quantitative estimate of drug-likeness (QED) is 0.609. The number of carbonyl (C=O) groups excluding carboxylic acids is 2. The summed E-state index contributed by atoms with van der Waals surface area (Å²) in [5, 5.41) is 2.55. The minimum atomic E-state index is -3.74. The molecule has 2 rings (SSSR count). The number of hydrogen-bond acceptors (Lipinski definition) is 4. The van der Waals surface area contributed by atoms with Crippen LogP contribution in [0.4, 0.5) is 5.69 Å². The van der Waals surface area contributed by atoms with Gasteiger partial charge in [0.2, 0.25) is 21.8 Å². The normalized spacial score (nSPS) is 12.2. The third-order valence-electron chi connectivity index (χ3n) is 4.69. The molecule has 2 aromatic rings. The number of nitrogens with one attached hydrogen (secondary N) is 1. The van der Waals surface area contributed by atoms with Crippen molar-refractivity contribution in [3.8, 4) is 0 Å². The predicted octanol–water partition coefficient (Wildman–Crippen LogP) is 2.69. The fraction of sp³-hybridized carbons (Fsp3) is 0.333. The van der Waals surface area contributed by atoms with Gasteiger partial charge in [-0.3, -0.25) is 13.9 Å². The highest BCUT2D eigenvalue weighted by molar-refractivity contribution is 9.10. The van der Waals surface area contributed by atoms with Crippen molar-refractivity contribution in [1.29, 1.82) is 0 Å². The average molecular weight is 496 g/mol. The number of amides is 2. The topological polar surface area (TPSA) is 86.8 Å². The summed E-state index contributed by atoms with van der Waals surface area (Å²) in [6.07, 6.45) is 1.05. The minimum Gasteiger partial charge on any atom is -0.357 e. The zero-order valence-electron chi connectivity index (χ0n) is 17.4. The van der Waals surface area contributed by atoms with E-state index in [1.807, 2.05) is 31.2 Å². The molecule has 0 aliphatic carbocycles. The summed E-state index contributed by atoms with van der Waals surface area (Å²) in [7, 11) is -2.25. The van der Waals surface area contributed by atoms with Gasteiger partial charge in [0.05, 0.1) is 11.9 Å². The van der Waals surface area contributed by atoms with Crippen LogP contribution in [0.3, 0.4) is 0 Å². The lowest BCUT2D eigenvalue weighted by Crippen LogP contribution is -2.50. The summed E-state index contributed by atoms with van der Waals surface area (Å²) in [5.41, 5.74) is 2.28. The molecule has 1 atom stereocenters. The van der Waals surface area contributed by atoms with Crippen LogP contribution < -0.4 is 9.62 Å². The van der Waals surface area contributed by atoms with Crippen LogP contribution in [-0.4, -0.2) is 51.0 Å². The van der Waals surface area contributed by atoms with Crippen LogP contribution in [0.25, 0.3) is 0 Å². The molecule has 30 heavy (non-hydrogen) atoms. The number of rotatable bonds is 8. The van der Waals surface area contributed by atoms with E-state index in [4.69, 9.17) is 0 Å². The lowest BCUT2D eigenvalue weighted by molar-refractivity contribution is -0.139. The third-order valence-corrected chi connectivity index (χ3v) is 6.48. The van der Waals surface area contributed by atoms with E-state index in [0.29, 0.717) is 10.2 Å². The Balaban J connectivity index is 2.38. The molecule has 0 saturated heterocycles. The zero-order valence-corrected chi connectivity index (χ0v) is 19.8. The first kappa shape index (κ1) is 23.9. The summed E-state index contributed by atoms with van der Waals surface area (Å²) < 4.78 is 26.5. The SMILES string of the molecule is CNC(=O)[C@H](C)N(Cc1ccc(C)cc1)C(=O)CN(c1ccccc1Br)S(C)(=O)=O. The molecule has 0 heterocycles. The van der Waals surface area contributed by atoms with E-state index in [0.717, 1.165) is 21.7 Å². The third kappa shape index (κ3) is 6.06. The molecule has 0 spiro atoms. The van der Waals surface area contributed by atoms with Gasteiger partial charge in [-0.25, -0.2) is 8.42 Å². The zero-order chi connectivity index (χ0) is 22.5. The average Bonchev–Trinajstić information content (AvgIpc) is 2.70. The molecule has 7 nitrogen and oxygen atoms in total. The van der Waals surface area contributed by atoms with Gasteiger partial charge in [0.1, 0.15) is 12.6 Å². The smallest absolute Gasteiger partial charge is 0.244 e. The standard InChI is InChI=1S/C21H26BrN3O4S/c1-15-9-11-17(12-10-15)13-24(16(2)21(27)23-3)20(26)14-25(30(4,28)29)19-8-6-5-7-18(19)22/h5-12,16H,13-14H2,1-4H3,(H,23,27)/t16-/m0/s1. The van der Waals surface area contributed by atoms with E-state index >= 15 is 0 Å². The number of anilines is 1. The fourth-order valence-corrected chi connectivity index (χ4v) is 4.41. The van der Waals surface area contributed by atoms with E-state index < -0.39 is 28.5 Å². The molecule has 2 aromatic carbocycles. The summed E-state index contributed by atoms with van der Waals surface area (Å²) >= 11 is 3.35. The minimum absolute atomic E-state index is 0.182. The molecule has 9 heteroatoms. The molecular formula is C21H26BrN3O4S. The molecule has 1 N–H and O–H groups in total. The molecule has 0 unspecified atom stereocenters. The van der Waals surface area contributed by atoms with Crippen LogP contribution in [0, 0.1) is 6.92 Å². The molecule has 162 valence electrons.